The van der Waals surface area contributed by atoms with Gasteiger partial charge in [0, 0.05) is 0 Å². The molecule has 0 N–H and O–H groups in total. The van der Waals surface area contributed by atoms with E-state index < -0.39 is 0 Å². The van der Waals surface area contributed by atoms with Gasteiger partial charge in [0.2, 0.25) is 0 Å². The number of fused-ring (bicyclic) bond motifs is 5. The van der Waals surface area contributed by atoms with Gasteiger partial charge in [0.15, 0.2) is 0 Å². The molecule has 0 nitrogen and oxygen atoms in total. The van der Waals surface area contributed by atoms with Gasteiger partial charge in [-0.25, -0.2) is 0 Å². The van der Waals surface area contributed by atoms with Crippen LogP contribution in [-0.4, -0.2) is 0 Å². The van der Waals surface area contributed by atoms with Crippen LogP contribution in [0.3, 0.4) is 0 Å². The van der Waals surface area contributed by atoms with Gasteiger partial charge in [-0.1, -0.05) is 72.5 Å². The Morgan fingerprint density at radius 3 is 2.35 bits per heavy atom. The fourth-order valence-electron chi connectivity index (χ4n) is 9.66. The van der Waals surface area contributed by atoms with E-state index in [4.69, 9.17) is 0 Å². The van der Waals surface area contributed by atoms with E-state index in [1.807, 2.05) is 0 Å². The summed E-state index contributed by atoms with van der Waals surface area (Å²) in [5, 5.41) is 0. The first-order valence-electron chi connectivity index (χ1n) is 14.3. The zero-order valence-electron chi connectivity index (χ0n) is 21.9. The van der Waals surface area contributed by atoms with Gasteiger partial charge in [0.1, 0.15) is 0 Å². The van der Waals surface area contributed by atoms with Crippen LogP contribution >= 0.6 is 0 Å². The SMILES string of the molecule is C=C(CCCCCC1CCC2C3CCC4CCCCC4(C)C3CCC12C)CC(C)(C)C. The van der Waals surface area contributed by atoms with Crippen LogP contribution in [0.4, 0.5) is 0 Å². The zero-order chi connectivity index (χ0) is 22.3. The summed E-state index contributed by atoms with van der Waals surface area (Å²) in [6.07, 6.45) is 23.7. The summed E-state index contributed by atoms with van der Waals surface area (Å²) in [5.74, 6) is 5.29. The third kappa shape index (κ3) is 4.84. The summed E-state index contributed by atoms with van der Waals surface area (Å²) in [4.78, 5) is 0. The van der Waals surface area contributed by atoms with Gasteiger partial charge in [-0.2, -0.15) is 0 Å². The maximum atomic E-state index is 4.35. The highest BCUT2D eigenvalue weighted by Gasteiger charge is 2.59. The number of rotatable bonds is 7. The van der Waals surface area contributed by atoms with Crippen molar-refractivity contribution >= 4 is 0 Å². The molecule has 31 heavy (non-hydrogen) atoms. The molecule has 0 heteroatoms. The largest absolute Gasteiger partial charge is 0.0998 e. The number of hydrogen-bond acceptors (Lipinski definition) is 0. The Morgan fingerprint density at radius 1 is 0.806 bits per heavy atom. The summed E-state index contributed by atoms with van der Waals surface area (Å²) < 4.78 is 0. The Labute approximate surface area is 195 Å². The molecule has 0 amide bonds. The molecule has 4 rings (SSSR count). The first kappa shape index (κ1) is 23.9. The molecule has 4 saturated carbocycles. The van der Waals surface area contributed by atoms with Crippen LogP contribution in [0.25, 0.3) is 0 Å². The fourth-order valence-corrected chi connectivity index (χ4v) is 9.66. The molecule has 7 unspecified atom stereocenters. The summed E-state index contributed by atoms with van der Waals surface area (Å²) >= 11 is 0. The minimum atomic E-state index is 0.400. The minimum absolute atomic E-state index is 0.400. The molecule has 4 fully saturated rings. The third-order valence-electron chi connectivity index (χ3n) is 11.1. The van der Waals surface area contributed by atoms with Gasteiger partial charge in [0.25, 0.3) is 0 Å². The number of hydrogen-bond donors (Lipinski definition) is 0. The second-order valence-electron chi connectivity index (χ2n) is 14.3. The van der Waals surface area contributed by atoms with Gasteiger partial charge in [-0.15, -0.1) is 0 Å². The molecule has 7 atom stereocenters. The predicted molar refractivity (Wildman–Crippen MR) is 136 cm³/mol. The molecule has 0 radical (unpaired) electrons. The molecular formula is C31H54. The van der Waals surface area contributed by atoms with E-state index in [9.17, 15) is 0 Å². The van der Waals surface area contributed by atoms with Crippen molar-refractivity contribution in [3.63, 3.8) is 0 Å². The van der Waals surface area contributed by atoms with Crippen molar-refractivity contribution in [3.8, 4) is 0 Å². The molecule has 0 aromatic carbocycles. The maximum absolute atomic E-state index is 4.35. The maximum Gasteiger partial charge on any atom is -0.0266 e. The van der Waals surface area contributed by atoms with Gasteiger partial charge < -0.3 is 0 Å². The highest BCUT2D eigenvalue weighted by atomic mass is 14.6. The van der Waals surface area contributed by atoms with E-state index in [1.54, 1.807) is 51.4 Å². The van der Waals surface area contributed by atoms with Crippen molar-refractivity contribution in [2.45, 2.75) is 137 Å². The molecule has 0 heterocycles. The Morgan fingerprint density at radius 2 is 1.58 bits per heavy atom. The molecule has 4 aliphatic carbocycles. The predicted octanol–water partition coefficient (Wildman–Crippen LogP) is 9.98. The second-order valence-corrected chi connectivity index (χ2v) is 14.3. The van der Waals surface area contributed by atoms with Gasteiger partial charge in [-0.3, -0.25) is 0 Å². The van der Waals surface area contributed by atoms with Crippen molar-refractivity contribution < 1.29 is 0 Å². The van der Waals surface area contributed by atoms with E-state index in [1.165, 1.54) is 56.9 Å². The fraction of sp³-hybridized carbons (Fsp3) is 0.935. The molecule has 0 bridgehead atoms. The first-order chi connectivity index (χ1) is 14.6. The average Bonchev–Trinajstić information content (AvgIpc) is 3.02. The normalized spacial score (nSPS) is 42.5. The van der Waals surface area contributed by atoms with E-state index in [0.29, 0.717) is 16.2 Å². The average molecular weight is 427 g/mol. The van der Waals surface area contributed by atoms with Crippen LogP contribution in [0.2, 0.25) is 0 Å². The lowest BCUT2D eigenvalue weighted by Gasteiger charge is -2.60. The molecular weight excluding hydrogens is 372 g/mol. The highest BCUT2D eigenvalue weighted by Crippen LogP contribution is 2.67. The lowest BCUT2D eigenvalue weighted by Crippen LogP contribution is -2.52. The summed E-state index contributed by atoms with van der Waals surface area (Å²) in [7, 11) is 0. The van der Waals surface area contributed by atoms with Crippen LogP contribution in [-0.2, 0) is 0 Å². The zero-order valence-corrected chi connectivity index (χ0v) is 21.9. The summed E-state index contributed by atoms with van der Waals surface area (Å²) in [5.41, 5.74) is 3.26. The van der Waals surface area contributed by atoms with E-state index >= 15 is 0 Å². The van der Waals surface area contributed by atoms with Crippen molar-refractivity contribution in [3.05, 3.63) is 12.2 Å². The molecule has 4 aliphatic rings. The standard InChI is InChI=1S/C31H54/c1-23(22-29(2,3)4)12-8-7-9-13-25-16-18-27-26-17-15-24-14-10-11-20-30(24,5)28(26)19-21-31(25,27)6/h24-28H,1,7-22H2,2-6H3. The third-order valence-corrected chi connectivity index (χ3v) is 11.1. The Balaban J connectivity index is 1.28. The van der Waals surface area contributed by atoms with Gasteiger partial charge in [0.05, 0.1) is 0 Å². The topological polar surface area (TPSA) is 0 Å². The van der Waals surface area contributed by atoms with Crippen molar-refractivity contribution in [1.29, 1.82) is 0 Å². The number of allylic oxidation sites excluding steroid dienone is 1. The Bertz CT molecular complexity index is 622. The van der Waals surface area contributed by atoms with Crippen LogP contribution in [0.1, 0.15) is 137 Å². The van der Waals surface area contributed by atoms with Gasteiger partial charge >= 0.3 is 0 Å². The first-order valence-corrected chi connectivity index (χ1v) is 14.3. The number of unbranched alkanes of at least 4 members (excludes halogenated alkanes) is 2. The molecule has 178 valence electrons. The second kappa shape index (κ2) is 9.18. The summed E-state index contributed by atoms with van der Waals surface area (Å²) in [6, 6.07) is 0. The molecule has 0 aromatic heterocycles. The Hall–Kier alpha value is -0.260. The van der Waals surface area contributed by atoms with Crippen molar-refractivity contribution in [1.82, 2.24) is 0 Å². The quantitative estimate of drug-likeness (QED) is 0.280. The van der Waals surface area contributed by atoms with Crippen LogP contribution in [0, 0.1) is 45.8 Å². The monoisotopic (exact) mass is 426 g/mol. The molecule has 0 aromatic rings. The van der Waals surface area contributed by atoms with E-state index in [-0.39, 0.29) is 0 Å². The minimum Gasteiger partial charge on any atom is -0.0998 e. The lowest BCUT2D eigenvalue weighted by atomic mass is 9.45. The molecule has 0 spiro atoms. The lowest BCUT2D eigenvalue weighted by molar-refractivity contribution is -0.111. The van der Waals surface area contributed by atoms with Gasteiger partial charge in [-0.05, 0) is 123 Å². The van der Waals surface area contributed by atoms with Crippen LogP contribution in [0.5, 0.6) is 0 Å². The summed E-state index contributed by atoms with van der Waals surface area (Å²) in [6.45, 7) is 16.8. The molecule has 0 saturated heterocycles. The van der Waals surface area contributed by atoms with E-state index in [0.717, 1.165) is 29.6 Å². The van der Waals surface area contributed by atoms with Crippen molar-refractivity contribution in [2.24, 2.45) is 45.8 Å². The smallest absolute Gasteiger partial charge is 0.0266 e. The van der Waals surface area contributed by atoms with Crippen molar-refractivity contribution in [2.75, 3.05) is 0 Å². The van der Waals surface area contributed by atoms with E-state index in [2.05, 4.69) is 41.2 Å². The van der Waals surface area contributed by atoms with Crippen LogP contribution < -0.4 is 0 Å². The molecule has 0 aliphatic heterocycles. The van der Waals surface area contributed by atoms with Crippen LogP contribution in [0.15, 0.2) is 12.2 Å². The highest BCUT2D eigenvalue weighted by molar-refractivity contribution is 5.08. The Kier molecular flexibility index (Phi) is 7.07.